The largest absolute Gasteiger partial charge is 0.508 e. The van der Waals surface area contributed by atoms with E-state index in [1.54, 1.807) is 31.2 Å². The summed E-state index contributed by atoms with van der Waals surface area (Å²) in [6, 6.07) is 6.59. The molecule has 0 radical (unpaired) electrons. The molecule has 0 spiro atoms. The highest BCUT2D eigenvalue weighted by atomic mass is 16.3. The standard InChI is InChI=1S/C15H21N3O2/c1-11(2)9-18-14(16-10-17-18)8-15(3,20)12-4-6-13(19)7-5-12/h4-7,10-11,19-20H,8-9H2,1-3H3. The lowest BCUT2D eigenvalue weighted by atomic mass is 9.92. The van der Waals surface area contributed by atoms with Gasteiger partial charge in [0.15, 0.2) is 0 Å². The van der Waals surface area contributed by atoms with Crippen molar-refractivity contribution >= 4 is 0 Å². The molecule has 0 aliphatic carbocycles. The smallest absolute Gasteiger partial charge is 0.138 e. The van der Waals surface area contributed by atoms with E-state index in [4.69, 9.17) is 0 Å². The lowest BCUT2D eigenvalue weighted by Crippen LogP contribution is -2.26. The lowest BCUT2D eigenvalue weighted by Gasteiger charge is -2.24. The van der Waals surface area contributed by atoms with E-state index in [1.165, 1.54) is 6.33 Å². The average Bonchev–Trinajstić information content (AvgIpc) is 2.75. The molecule has 0 saturated heterocycles. The van der Waals surface area contributed by atoms with Crippen molar-refractivity contribution in [3.63, 3.8) is 0 Å². The van der Waals surface area contributed by atoms with Gasteiger partial charge in [0.2, 0.25) is 0 Å². The third-order valence-electron chi connectivity index (χ3n) is 3.23. The first-order valence-electron chi connectivity index (χ1n) is 6.77. The molecule has 2 aromatic rings. The molecule has 5 nitrogen and oxygen atoms in total. The van der Waals surface area contributed by atoms with Crippen LogP contribution in [0.2, 0.25) is 0 Å². The van der Waals surface area contributed by atoms with Gasteiger partial charge in [-0.1, -0.05) is 26.0 Å². The van der Waals surface area contributed by atoms with E-state index in [0.717, 1.165) is 17.9 Å². The second kappa shape index (κ2) is 5.63. The maximum Gasteiger partial charge on any atom is 0.138 e. The van der Waals surface area contributed by atoms with Crippen LogP contribution in [0.5, 0.6) is 5.75 Å². The third-order valence-corrected chi connectivity index (χ3v) is 3.23. The van der Waals surface area contributed by atoms with Crippen molar-refractivity contribution in [1.29, 1.82) is 0 Å². The minimum absolute atomic E-state index is 0.188. The van der Waals surface area contributed by atoms with Gasteiger partial charge in [0.1, 0.15) is 17.9 Å². The molecule has 0 bridgehead atoms. The van der Waals surface area contributed by atoms with Gasteiger partial charge in [-0.25, -0.2) is 9.67 Å². The van der Waals surface area contributed by atoms with E-state index >= 15 is 0 Å². The van der Waals surface area contributed by atoms with E-state index in [-0.39, 0.29) is 5.75 Å². The van der Waals surface area contributed by atoms with E-state index in [1.807, 2.05) is 4.68 Å². The number of hydrogen-bond acceptors (Lipinski definition) is 4. The number of benzene rings is 1. The summed E-state index contributed by atoms with van der Waals surface area (Å²) in [5, 5.41) is 24.2. The number of rotatable bonds is 5. The zero-order valence-corrected chi connectivity index (χ0v) is 12.1. The number of aliphatic hydroxyl groups is 1. The van der Waals surface area contributed by atoms with Crippen LogP contribution in [-0.2, 0) is 18.6 Å². The summed E-state index contributed by atoms with van der Waals surface area (Å²) in [5.74, 6) is 1.42. The van der Waals surface area contributed by atoms with Crippen LogP contribution in [-0.4, -0.2) is 25.0 Å². The lowest BCUT2D eigenvalue weighted by molar-refractivity contribution is 0.0540. The Bertz CT molecular complexity index is 559. The average molecular weight is 275 g/mol. The van der Waals surface area contributed by atoms with E-state index in [2.05, 4.69) is 23.9 Å². The predicted molar refractivity (Wildman–Crippen MR) is 76.2 cm³/mol. The van der Waals surface area contributed by atoms with Crippen molar-refractivity contribution in [3.8, 4) is 5.75 Å². The summed E-state index contributed by atoms with van der Waals surface area (Å²) >= 11 is 0. The van der Waals surface area contributed by atoms with Gasteiger partial charge in [-0.05, 0) is 30.5 Å². The molecule has 5 heteroatoms. The summed E-state index contributed by atoms with van der Waals surface area (Å²) in [7, 11) is 0. The molecule has 108 valence electrons. The first kappa shape index (κ1) is 14.5. The summed E-state index contributed by atoms with van der Waals surface area (Å²) in [5.41, 5.74) is -0.301. The van der Waals surface area contributed by atoms with Gasteiger partial charge in [0, 0.05) is 13.0 Å². The van der Waals surface area contributed by atoms with Crippen LogP contribution >= 0.6 is 0 Å². The molecule has 2 rings (SSSR count). The summed E-state index contributed by atoms with van der Waals surface area (Å²) in [4.78, 5) is 4.24. The number of nitrogens with zero attached hydrogens (tertiary/aromatic N) is 3. The Labute approximate surface area is 118 Å². The number of aromatic nitrogens is 3. The molecule has 1 heterocycles. The maximum atomic E-state index is 10.6. The number of phenolic OH excluding ortho intramolecular Hbond substituents is 1. The second-order valence-corrected chi connectivity index (χ2v) is 5.75. The first-order chi connectivity index (χ1) is 9.38. The Balaban J connectivity index is 2.19. The molecule has 2 N–H and O–H groups in total. The zero-order chi connectivity index (χ0) is 14.8. The van der Waals surface area contributed by atoms with Gasteiger partial charge in [0.05, 0.1) is 5.60 Å². The number of phenols is 1. The second-order valence-electron chi connectivity index (χ2n) is 5.75. The molecule has 0 amide bonds. The Kier molecular flexibility index (Phi) is 4.09. The molecular formula is C15H21N3O2. The normalized spacial score (nSPS) is 14.4. The maximum absolute atomic E-state index is 10.6. The number of aromatic hydroxyl groups is 1. The van der Waals surface area contributed by atoms with Gasteiger partial charge >= 0.3 is 0 Å². The molecule has 1 aromatic carbocycles. The van der Waals surface area contributed by atoms with Gasteiger partial charge in [-0.2, -0.15) is 5.10 Å². The fraction of sp³-hybridized carbons (Fsp3) is 0.467. The van der Waals surface area contributed by atoms with E-state index in [9.17, 15) is 10.2 Å². The van der Waals surface area contributed by atoms with Gasteiger partial charge < -0.3 is 10.2 Å². The van der Waals surface area contributed by atoms with Crippen molar-refractivity contribution in [2.45, 2.75) is 39.3 Å². The van der Waals surface area contributed by atoms with Gasteiger partial charge in [0.25, 0.3) is 0 Å². The van der Waals surface area contributed by atoms with E-state index in [0.29, 0.717) is 12.3 Å². The van der Waals surface area contributed by atoms with Crippen LogP contribution < -0.4 is 0 Å². The summed E-state index contributed by atoms with van der Waals surface area (Å²) < 4.78 is 1.83. The van der Waals surface area contributed by atoms with Crippen LogP contribution in [0.15, 0.2) is 30.6 Å². The molecule has 1 aromatic heterocycles. The minimum atomic E-state index is -1.05. The monoisotopic (exact) mass is 275 g/mol. The molecule has 0 fully saturated rings. The van der Waals surface area contributed by atoms with Crippen molar-refractivity contribution in [2.24, 2.45) is 5.92 Å². The first-order valence-corrected chi connectivity index (χ1v) is 6.77. The fourth-order valence-corrected chi connectivity index (χ4v) is 2.15. The topological polar surface area (TPSA) is 71.2 Å². The summed E-state index contributed by atoms with van der Waals surface area (Å²) in [6.07, 6.45) is 1.90. The highest BCUT2D eigenvalue weighted by Gasteiger charge is 2.26. The van der Waals surface area contributed by atoms with E-state index < -0.39 is 5.60 Å². The number of hydrogen-bond donors (Lipinski definition) is 2. The summed E-state index contributed by atoms with van der Waals surface area (Å²) in [6.45, 7) is 6.75. The molecule has 0 aliphatic rings. The highest BCUT2D eigenvalue weighted by molar-refractivity contribution is 5.30. The van der Waals surface area contributed by atoms with Crippen molar-refractivity contribution < 1.29 is 10.2 Å². The predicted octanol–water partition coefficient (Wildman–Crippen LogP) is 2.09. The van der Waals surface area contributed by atoms with Crippen LogP contribution in [0.4, 0.5) is 0 Å². The molecule has 0 aliphatic heterocycles. The third kappa shape index (κ3) is 3.36. The highest BCUT2D eigenvalue weighted by Crippen LogP contribution is 2.26. The van der Waals surface area contributed by atoms with Crippen molar-refractivity contribution in [3.05, 3.63) is 42.0 Å². The minimum Gasteiger partial charge on any atom is -0.508 e. The van der Waals surface area contributed by atoms with Crippen LogP contribution in [0.25, 0.3) is 0 Å². The molecular weight excluding hydrogens is 254 g/mol. The van der Waals surface area contributed by atoms with Crippen LogP contribution in [0.3, 0.4) is 0 Å². The Hall–Kier alpha value is -1.88. The quantitative estimate of drug-likeness (QED) is 0.876. The zero-order valence-electron chi connectivity index (χ0n) is 12.1. The van der Waals surface area contributed by atoms with Crippen molar-refractivity contribution in [2.75, 3.05) is 0 Å². The Morgan fingerprint density at radius 1 is 1.25 bits per heavy atom. The SMILES string of the molecule is CC(C)Cn1ncnc1CC(C)(O)c1ccc(O)cc1. The van der Waals surface area contributed by atoms with Gasteiger partial charge in [-0.3, -0.25) is 0 Å². The Morgan fingerprint density at radius 2 is 1.90 bits per heavy atom. The van der Waals surface area contributed by atoms with Crippen molar-refractivity contribution in [1.82, 2.24) is 14.8 Å². The van der Waals surface area contributed by atoms with Gasteiger partial charge in [-0.15, -0.1) is 0 Å². The molecule has 20 heavy (non-hydrogen) atoms. The van der Waals surface area contributed by atoms with Crippen LogP contribution in [0, 0.1) is 5.92 Å². The van der Waals surface area contributed by atoms with Crippen LogP contribution in [0.1, 0.15) is 32.2 Å². The Morgan fingerprint density at radius 3 is 2.50 bits per heavy atom. The molecule has 0 saturated carbocycles. The molecule has 1 atom stereocenters. The molecule has 1 unspecified atom stereocenters. The fourth-order valence-electron chi connectivity index (χ4n) is 2.15.